The number of amides is 1. The largest absolute Gasteiger partial charge is 0.493 e. The second kappa shape index (κ2) is 6.26. The number of hydrogen-bond donors (Lipinski definition) is 2. The highest BCUT2D eigenvalue weighted by Gasteiger charge is 2.33. The number of rotatable bonds is 5. The summed E-state index contributed by atoms with van der Waals surface area (Å²) in [6.45, 7) is 3.12. The van der Waals surface area contributed by atoms with Crippen LogP contribution in [0.25, 0.3) is 0 Å². The fourth-order valence-corrected chi connectivity index (χ4v) is 3.00. The van der Waals surface area contributed by atoms with Crippen molar-refractivity contribution in [2.75, 3.05) is 20.3 Å². The molecule has 1 aromatic carbocycles. The van der Waals surface area contributed by atoms with Crippen molar-refractivity contribution in [3.63, 3.8) is 0 Å². The predicted molar refractivity (Wildman–Crippen MR) is 83.7 cm³/mol. The maximum atomic E-state index is 12.1. The lowest BCUT2D eigenvalue weighted by molar-refractivity contribution is -0.123. The Morgan fingerprint density at radius 2 is 2.23 bits per heavy atom. The second-order valence-corrected chi connectivity index (χ2v) is 6.29. The highest BCUT2D eigenvalue weighted by molar-refractivity contribution is 5.81. The van der Waals surface area contributed by atoms with E-state index in [1.165, 1.54) is 0 Å². The normalized spacial score (nSPS) is 21.7. The Morgan fingerprint density at radius 1 is 1.45 bits per heavy atom. The van der Waals surface area contributed by atoms with Crippen LogP contribution in [-0.2, 0) is 9.53 Å². The number of ether oxygens (including phenoxy) is 2. The zero-order valence-corrected chi connectivity index (χ0v) is 13.2. The van der Waals surface area contributed by atoms with E-state index < -0.39 is 0 Å². The predicted octanol–water partition coefficient (Wildman–Crippen LogP) is 1.99. The maximum absolute atomic E-state index is 12.1. The van der Waals surface area contributed by atoms with Crippen LogP contribution >= 0.6 is 0 Å². The summed E-state index contributed by atoms with van der Waals surface area (Å²) in [5.41, 5.74) is 9.28. The van der Waals surface area contributed by atoms with Crippen molar-refractivity contribution in [1.29, 1.82) is 0 Å². The SMILES string of the molecule is COCC(N)c1cc(C)c2c(c1)C(NC(=O)C1CC1)CCO2. The Hall–Kier alpha value is -1.59. The van der Waals surface area contributed by atoms with Crippen LogP contribution in [0.1, 0.15) is 48.0 Å². The first-order chi connectivity index (χ1) is 10.6. The molecule has 0 radical (unpaired) electrons. The quantitative estimate of drug-likeness (QED) is 0.872. The molecular weight excluding hydrogens is 280 g/mol. The molecule has 0 spiro atoms. The highest BCUT2D eigenvalue weighted by Crippen LogP contribution is 2.38. The first-order valence-electron chi connectivity index (χ1n) is 7.92. The summed E-state index contributed by atoms with van der Waals surface area (Å²) >= 11 is 0. The third kappa shape index (κ3) is 3.10. The zero-order valence-electron chi connectivity index (χ0n) is 13.2. The lowest BCUT2D eigenvalue weighted by Crippen LogP contribution is -2.33. The van der Waals surface area contributed by atoms with Crippen molar-refractivity contribution in [3.8, 4) is 5.75 Å². The zero-order chi connectivity index (χ0) is 15.7. The fourth-order valence-electron chi connectivity index (χ4n) is 3.00. The van der Waals surface area contributed by atoms with E-state index >= 15 is 0 Å². The number of methoxy groups -OCH3 is 1. The number of fused-ring (bicyclic) bond motifs is 1. The fraction of sp³-hybridized carbons (Fsp3) is 0.588. The summed E-state index contributed by atoms with van der Waals surface area (Å²) in [5, 5.41) is 3.17. The summed E-state index contributed by atoms with van der Waals surface area (Å²) < 4.78 is 11.0. The van der Waals surface area contributed by atoms with Crippen LogP contribution in [0, 0.1) is 12.8 Å². The average Bonchev–Trinajstić information content (AvgIpc) is 3.33. The van der Waals surface area contributed by atoms with E-state index in [0.717, 1.165) is 41.7 Å². The van der Waals surface area contributed by atoms with Gasteiger partial charge in [0.15, 0.2) is 0 Å². The van der Waals surface area contributed by atoms with Gasteiger partial charge in [-0.25, -0.2) is 0 Å². The van der Waals surface area contributed by atoms with Crippen LogP contribution < -0.4 is 15.8 Å². The first kappa shape index (κ1) is 15.3. The van der Waals surface area contributed by atoms with Crippen molar-refractivity contribution in [3.05, 3.63) is 28.8 Å². The number of carbonyl (C=O) groups excluding carboxylic acids is 1. The molecule has 1 aliphatic heterocycles. The molecule has 3 N–H and O–H groups in total. The van der Waals surface area contributed by atoms with Gasteiger partial charge in [-0.15, -0.1) is 0 Å². The molecular formula is C17H24N2O3. The molecule has 0 bridgehead atoms. The van der Waals surface area contributed by atoms with Crippen LogP contribution in [0.4, 0.5) is 0 Å². The molecule has 0 aromatic heterocycles. The van der Waals surface area contributed by atoms with Crippen molar-refractivity contribution >= 4 is 5.91 Å². The molecule has 0 saturated heterocycles. The van der Waals surface area contributed by atoms with E-state index in [9.17, 15) is 4.79 Å². The van der Waals surface area contributed by atoms with E-state index in [4.69, 9.17) is 15.2 Å². The number of nitrogens with two attached hydrogens (primary N) is 1. The summed E-state index contributed by atoms with van der Waals surface area (Å²) in [5.74, 6) is 1.27. The van der Waals surface area contributed by atoms with Gasteiger partial charge < -0.3 is 20.5 Å². The van der Waals surface area contributed by atoms with Gasteiger partial charge in [0.1, 0.15) is 5.75 Å². The molecule has 1 fully saturated rings. The number of carbonyl (C=O) groups is 1. The lowest BCUT2D eigenvalue weighted by atomic mass is 9.93. The van der Waals surface area contributed by atoms with Crippen molar-refractivity contribution in [2.24, 2.45) is 11.7 Å². The standard InChI is InChI=1S/C17H24N2O3/c1-10-7-12(14(18)9-21-2)8-13-15(5-6-22-16(10)13)19-17(20)11-3-4-11/h7-8,11,14-15H,3-6,9,18H2,1-2H3,(H,19,20). The monoisotopic (exact) mass is 304 g/mol. The van der Waals surface area contributed by atoms with E-state index in [1.807, 2.05) is 13.0 Å². The summed E-state index contributed by atoms with van der Waals surface area (Å²) in [7, 11) is 1.65. The van der Waals surface area contributed by atoms with E-state index in [1.54, 1.807) is 7.11 Å². The number of benzene rings is 1. The van der Waals surface area contributed by atoms with Gasteiger partial charge in [-0.2, -0.15) is 0 Å². The van der Waals surface area contributed by atoms with Gasteiger partial charge in [-0.1, -0.05) is 6.07 Å². The Labute approximate surface area is 131 Å². The lowest BCUT2D eigenvalue weighted by Gasteiger charge is -2.29. The summed E-state index contributed by atoms with van der Waals surface area (Å²) in [6.07, 6.45) is 2.83. The van der Waals surface area contributed by atoms with Crippen LogP contribution in [-0.4, -0.2) is 26.2 Å². The van der Waals surface area contributed by atoms with Gasteiger partial charge in [0.25, 0.3) is 0 Å². The Bertz CT molecular complexity index is 569. The topological polar surface area (TPSA) is 73.6 Å². The molecule has 120 valence electrons. The van der Waals surface area contributed by atoms with E-state index in [0.29, 0.717) is 13.2 Å². The van der Waals surface area contributed by atoms with Gasteiger partial charge in [0.05, 0.1) is 25.3 Å². The second-order valence-electron chi connectivity index (χ2n) is 6.29. The van der Waals surface area contributed by atoms with Crippen LogP contribution in [0.2, 0.25) is 0 Å². The summed E-state index contributed by atoms with van der Waals surface area (Å²) in [6, 6.07) is 3.96. The van der Waals surface area contributed by atoms with Crippen molar-refractivity contribution in [1.82, 2.24) is 5.32 Å². The molecule has 2 atom stereocenters. The van der Waals surface area contributed by atoms with Crippen molar-refractivity contribution in [2.45, 2.75) is 38.3 Å². The van der Waals surface area contributed by atoms with Crippen molar-refractivity contribution < 1.29 is 14.3 Å². The summed E-state index contributed by atoms with van der Waals surface area (Å²) in [4.78, 5) is 12.1. The number of hydrogen-bond acceptors (Lipinski definition) is 4. The van der Waals surface area contributed by atoms with Gasteiger partial charge in [-0.05, 0) is 37.0 Å². The number of aryl methyl sites for hydroxylation is 1. The maximum Gasteiger partial charge on any atom is 0.223 e. The molecule has 3 rings (SSSR count). The number of nitrogens with one attached hydrogen (secondary N) is 1. The molecule has 5 heteroatoms. The van der Waals surface area contributed by atoms with Gasteiger partial charge in [-0.3, -0.25) is 4.79 Å². The van der Waals surface area contributed by atoms with Gasteiger partial charge in [0.2, 0.25) is 5.91 Å². The van der Waals surface area contributed by atoms with E-state index in [2.05, 4.69) is 11.4 Å². The Balaban J connectivity index is 1.87. The molecule has 22 heavy (non-hydrogen) atoms. The average molecular weight is 304 g/mol. The van der Waals surface area contributed by atoms with Crippen LogP contribution in [0.15, 0.2) is 12.1 Å². The third-order valence-corrected chi connectivity index (χ3v) is 4.39. The smallest absolute Gasteiger partial charge is 0.223 e. The molecule has 2 aliphatic rings. The van der Waals surface area contributed by atoms with Crippen LogP contribution in [0.3, 0.4) is 0 Å². The molecule has 5 nitrogen and oxygen atoms in total. The molecule has 2 unspecified atom stereocenters. The molecule has 1 aromatic rings. The molecule has 1 saturated carbocycles. The molecule has 1 amide bonds. The minimum absolute atomic E-state index is 0.0187. The highest BCUT2D eigenvalue weighted by atomic mass is 16.5. The third-order valence-electron chi connectivity index (χ3n) is 4.39. The minimum Gasteiger partial charge on any atom is -0.493 e. The van der Waals surface area contributed by atoms with E-state index in [-0.39, 0.29) is 23.9 Å². The molecule has 1 heterocycles. The Morgan fingerprint density at radius 3 is 2.91 bits per heavy atom. The van der Waals surface area contributed by atoms with Crippen LogP contribution in [0.5, 0.6) is 5.75 Å². The molecule has 1 aliphatic carbocycles. The van der Waals surface area contributed by atoms with Gasteiger partial charge in [0, 0.05) is 25.0 Å². The Kier molecular flexibility index (Phi) is 4.36. The van der Waals surface area contributed by atoms with Gasteiger partial charge >= 0.3 is 0 Å². The minimum atomic E-state index is -0.171. The first-order valence-corrected chi connectivity index (χ1v) is 7.92.